The molecule has 134 valence electrons. The fourth-order valence-corrected chi connectivity index (χ4v) is 2.64. The van der Waals surface area contributed by atoms with Crippen LogP contribution in [0.25, 0.3) is 0 Å². The molecule has 5 heteroatoms. The maximum absolute atomic E-state index is 12.8. The van der Waals surface area contributed by atoms with Crippen LogP contribution in [0.15, 0.2) is 36.4 Å². The molecule has 2 aromatic rings. The van der Waals surface area contributed by atoms with Gasteiger partial charge in [-0.2, -0.15) is 0 Å². The molecule has 0 fully saturated rings. The molecular weight excluding hydrogens is 341 g/mol. The summed E-state index contributed by atoms with van der Waals surface area (Å²) in [6.45, 7) is 6.07. The van der Waals surface area contributed by atoms with Crippen molar-refractivity contribution in [2.45, 2.75) is 39.7 Å². The van der Waals surface area contributed by atoms with E-state index >= 15 is 0 Å². The topological polar surface area (TPSA) is 38.3 Å². The number of amides is 1. The molecule has 0 saturated heterocycles. The Labute approximate surface area is 153 Å². The highest BCUT2D eigenvalue weighted by molar-refractivity contribution is 6.32. The third kappa shape index (κ3) is 5.75. The second kappa shape index (κ2) is 8.86. The molecule has 0 aliphatic heterocycles. The Morgan fingerprint density at radius 3 is 2.40 bits per heavy atom. The maximum Gasteiger partial charge on any atom is 0.260 e. The van der Waals surface area contributed by atoms with E-state index in [4.69, 9.17) is 16.3 Å². The van der Waals surface area contributed by atoms with Crippen molar-refractivity contribution in [1.29, 1.82) is 0 Å². The van der Waals surface area contributed by atoms with Gasteiger partial charge in [-0.05, 0) is 74.6 Å². The molecule has 0 aromatic heterocycles. The van der Waals surface area contributed by atoms with Gasteiger partial charge in [0, 0.05) is 11.6 Å². The Morgan fingerprint density at radius 2 is 1.80 bits per heavy atom. The van der Waals surface area contributed by atoms with Crippen LogP contribution < -0.4 is 10.1 Å². The first-order chi connectivity index (χ1) is 11.9. The fourth-order valence-electron chi connectivity index (χ4n) is 2.53. The molecule has 0 heterocycles. The van der Waals surface area contributed by atoms with Crippen LogP contribution in [0.3, 0.4) is 0 Å². The van der Waals surface area contributed by atoms with E-state index in [0.29, 0.717) is 17.3 Å². The lowest BCUT2D eigenvalue weighted by Crippen LogP contribution is -2.37. The Hall–Kier alpha value is -2.07. The maximum atomic E-state index is 12.8. The van der Waals surface area contributed by atoms with Gasteiger partial charge in [-0.25, -0.2) is 4.39 Å². The summed E-state index contributed by atoms with van der Waals surface area (Å²) in [5.41, 5.74) is 2.89. The molecule has 1 atom stereocenters. The number of carbonyl (C=O) groups is 1. The lowest BCUT2D eigenvalue weighted by atomic mass is 10.1. The van der Waals surface area contributed by atoms with Crippen molar-refractivity contribution in [3.8, 4) is 5.75 Å². The quantitative estimate of drug-likeness (QED) is 0.729. The van der Waals surface area contributed by atoms with Gasteiger partial charge < -0.3 is 10.1 Å². The van der Waals surface area contributed by atoms with Gasteiger partial charge >= 0.3 is 0 Å². The van der Waals surface area contributed by atoms with E-state index in [9.17, 15) is 9.18 Å². The first kappa shape index (κ1) is 19.3. The second-order valence-corrected chi connectivity index (χ2v) is 6.53. The van der Waals surface area contributed by atoms with Crippen LogP contribution >= 0.6 is 11.6 Å². The van der Waals surface area contributed by atoms with Gasteiger partial charge in [0.15, 0.2) is 6.10 Å². The average Bonchev–Trinajstić information content (AvgIpc) is 2.57. The van der Waals surface area contributed by atoms with Crippen LogP contribution in [0.2, 0.25) is 5.02 Å². The lowest BCUT2D eigenvalue weighted by Gasteiger charge is -2.16. The van der Waals surface area contributed by atoms with E-state index in [1.54, 1.807) is 19.1 Å². The summed E-state index contributed by atoms with van der Waals surface area (Å²) in [6, 6.07) is 10.1. The van der Waals surface area contributed by atoms with Crippen LogP contribution in [0, 0.1) is 19.7 Å². The summed E-state index contributed by atoms with van der Waals surface area (Å²) in [5.74, 6) is 0.230. The molecule has 2 rings (SSSR count). The molecule has 1 amide bonds. The zero-order chi connectivity index (χ0) is 18.4. The van der Waals surface area contributed by atoms with Gasteiger partial charge in [0.25, 0.3) is 5.91 Å². The highest BCUT2D eigenvalue weighted by Crippen LogP contribution is 2.26. The molecule has 3 nitrogen and oxygen atoms in total. The van der Waals surface area contributed by atoms with E-state index in [2.05, 4.69) is 5.32 Å². The second-order valence-electron chi connectivity index (χ2n) is 6.15. The van der Waals surface area contributed by atoms with Crippen LogP contribution in [0.1, 0.15) is 30.0 Å². The molecule has 0 aliphatic rings. The Kier molecular flexibility index (Phi) is 6.82. The van der Waals surface area contributed by atoms with Crippen molar-refractivity contribution >= 4 is 17.5 Å². The first-order valence-corrected chi connectivity index (χ1v) is 8.70. The van der Waals surface area contributed by atoms with Gasteiger partial charge in [-0.3, -0.25) is 4.79 Å². The third-order valence-corrected chi connectivity index (χ3v) is 4.54. The summed E-state index contributed by atoms with van der Waals surface area (Å²) in [7, 11) is 0. The van der Waals surface area contributed by atoms with Gasteiger partial charge in [0.05, 0.1) is 0 Å². The molecule has 0 unspecified atom stereocenters. The minimum atomic E-state index is -0.592. The molecule has 0 saturated carbocycles. The zero-order valence-electron chi connectivity index (χ0n) is 14.7. The number of hydrogen-bond donors (Lipinski definition) is 1. The Morgan fingerprint density at radius 1 is 1.20 bits per heavy atom. The van der Waals surface area contributed by atoms with Gasteiger partial charge in [0.2, 0.25) is 0 Å². The zero-order valence-corrected chi connectivity index (χ0v) is 15.5. The van der Waals surface area contributed by atoms with Crippen LogP contribution in [-0.2, 0) is 11.2 Å². The minimum Gasteiger partial charge on any atom is -0.481 e. The molecular formula is C20H23ClFNO2. The number of aryl methyl sites for hydroxylation is 3. The van der Waals surface area contributed by atoms with Crippen molar-refractivity contribution in [2.75, 3.05) is 6.54 Å². The van der Waals surface area contributed by atoms with Crippen molar-refractivity contribution < 1.29 is 13.9 Å². The first-order valence-electron chi connectivity index (χ1n) is 8.32. The van der Waals surface area contributed by atoms with E-state index in [1.165, 1.54) is 12.1 Å². The normalized spacial score (nSPS) is 11.9. The molecule has 2 aromatic carbocycles. The number of benzene rings is 2. The van der Waals surface area contributed by atoms with E-state index in [-0.39, 0.29) is 11.7 Å². The van der Waals surface area contributed by atoms with E-state index < -0.39 is 6.10 Å². The summed E-state index contributed by atoms with van der Waals surface area (Å²) < 4.78 is 18.6. The lowest BCUT2D eigenvalue weighted by molar-refractivity contribution is -0.127. The van der Waals surface area contributed by atoms with Crippen molar-refractivity contribution in [3.63, 3.8) is 0 Å². The van der Waals surface area contributed by atoms with E-state index in [0.717, 1.165) is 29.5 Å². The number of ether oxygens (including phenoxy) is 1. The molecule has 0 bridgehead atoms. The number of nitrogens with one attached hydrogen (secondary N) is 1. The fraction of sp³-hybridized carbons (Fsp3) is 0.350. The molecule has 0 aliphatic carbocycles. The number of halogens is 2. The van der Waals surface area contributed by atoms with Crippen molar-refractivity contribution in [3.05, 3.63) is 63.9 Å². The summed E-state index contributed by atoms with van der Waals surface area (Å²) in [4.78, 5) is 12.1. The average molecular weight is 364 g/mol. The van der Waals surface area contributed by atoms with Crippen LogP contribution in [0.4, 0.5) is 4.39 Å². The molecule has 25 heavy (non-hydrogen) atoms. The minimum absolute atomic E-state index is 0.163. The monoisotopic (exact) mass is 363 g/mol. The predicted molar refractivity (Wildman–Crippen MR) is 98.7 cm³/mol. The van der Waals surface area contributed by atoms with Crippen molar-refractivity contribution in [2.24, 2.45) is 0 Å². The highest BCUT2D eigenvalue weighted by Gasteiger charge is 2.15. The van der Waals surface area contributed by atoms with Crippen LogP contribution in [0.5, 0.6) is 5.75 Å². The summed E-state index contributed by atoms with van der Waals surface area (Å²) in [5, 5.41) is 3.57. The van der Waals surface area contributed by atoms with Crippen molar-refractivity contribution in [1.82, 2.24) is 5.32 Å². The van der Waals surface area contributed by atoms with Gasteiger partial charge in [-0.15, -0.1) is 0 Å². The number of carbonyl (C=O) groups excluding carboxylic acids is 1. The highest BCUT2D eigenvalue weighted by atomic mass is 35.5. The smallest absolute Gasteiger partial charge is 0.260 e. The standard InChI is InChI=1S/C20H23ClFNO2/c1-13-11-18(12-14(2)19(13)21)25-15(3)20(24)23-10-4-5-16-6-8-17(22)9-7-16/h6-9,11-12,15H,4-5,10H2,1-3H3,(H,23,24)/t15-/m1/s1. The molecule has 1 N–H and O–H groups in total. The van der Waals surface area contributed by atoms with E-state index in [1.807, 2.05) is 26.0 Å². The summed E-state index contributed by atoms with van der Waals surface area (Å²) in [6.07, 6.45) is 0.972. The molecule has 0 radical (unpaired) electrons. The largest absolute Gasteiger partial charge is 0.481 e. The SMILES string of the molecule is Cc1cc(O[C@H](C)C(=O)NCCCc2ccc(F)cc2)cc(C)c1Cl. The summed E-state index contributed by atoms with van der Waals surface area (Å²) >= 11 is 6.14. The Bertz CT molecular complexity index is 708. The third-order valence-electron chi connectivity index (χ3n) is 3.95. The Balaban J connectivity index is 1.77. The van der Waals surface area contributed by atoms with Gasteiger partial charge in [0.1, 0.15) is 11.6 Å². The number of rotatable bonds is 7. The predicted octanol–water partition coefficient (Wildman–Crippen LogP) is 4.61. The molecule has 0 spiro atoms. The number of hydrogen-bond acceptors (Lipinski definition) is 2. The van der Waals surface area contributed by atoms with Gasteiger partial charge in [-0.1, -0.05) is 23.7 Å². The van der Waals surface area contributed by atoms with Crippen LogP contribution in [-0.4, -0.2) is 18.6 Å².